The van der Waals surface area contributed by atoms with Crippen molar-refractivity contribution in [2.75, 3.05) is 0 Å². The van der Waals surface area contributed by atoms with E-state index in [1.54, 1.807) is 0 Å². The molecule has 0 fully saturated rings. The molecule has 2 heteroatoms. The molecule has 1 atom stereocenters. The Bertz CT molecular complexity index is 459. The van der Waals surface area contributed by atoms with Gasteiger partial charge in [0.1, 0.15) is 0 Å². The van der Waals surface area contributed by atoms with Gasteiger partial charge < -0.3 is 4.57 Å². The van der Waals surface area contributed by atoms with Gasteiger partial charge in [0.2, 0.25) is 0 Å². The fraction of sp³-hybridized carbons (Fsp3) is 0.308. The number of aromatic nitrogens is 1. The van der Waals surface area contributed by atoms with Gasteiger partial charge in [0.05, 0.1) is 16.9 Å². The Kier molecular flexibility index (Phi) is 2.86. The van der Waals surface area contributed by atoms with Crippen molar-refractivity contribution in [3.8, 4) is 0 Å². The van der Waals surface area contributed by atoms with Crippen molar-refractivity contribution in [3.05, 3.63) is 41.4 Å². The Balaban J connectivity index is 2.58. The van der Waals surface area contributed by atoms with E-state index < -0.39 is 0 Å². The Morgan fingerprint density at radius 1 is 1.53 bits per heavy atom. The molecule has 1 aromatic heterocycles. The van der Waals surface area contributed by atoms with Crippen molar-refractivity contribution in [1.82, 2.24) is 4.57 Å². The van der Waals surface area contributed by atoms with E-state index in [-0.39, 0.29) is 0 Å². The number of nitrogens with zero attached hydrogens (tertiary/aromatic N) is 1. The molecule has 0 aromatic carbocycles. The minimum atomic E-state index is 0.400. The third-order valence-electron chi connectivity index (χ3n) is 2.80. The molecule has 0 spiro atoms. The normalized spacial score (nSPS) is 20.1. The van der Waals surface area contributed by atoms with Crippen LogP contribution in [-0.4, -0.2) is 4.57 Å². The average Bonchev–Trinajstić information content (AvgIpc) is 2.68. The van der Waals surface area contributed by atoms with Crippen LogP contribution in [0.3, 0.4) is 0 Å². The second kappa shape index (κ2) is 4.14. The first-order chi connectivity index (χ1) is 7.22. The number of fused-ring (bicyclic) bond motifs is 1. The number of hydrogen-bond acceptors (Lipinski definition) is 0. The smallest absolute Gasteiger partial charge is 0.0639 e. The highest BCUT2D eigenvalue weighted by Crippen LogP contribution is 2.27. The second-order valence-corrected chi connectivity index (χ2v) is 4.19. The van der Waals surface area contributed by atoms with Gasteiger partial charge in [0, 0.05) is 12.1 Å². The van der Waals surface area contributed by atoms with Crippen molar-refractivity contribution in [1.29, 1.82) is 0 Å². The van der Waals surface area contributed by atoms with Crippen LogP contribution in [0.25, 0.3) is 11.2 Å². The highest BCUT2D eigenvalue weighted by atomic mass is 35.5. The van der Waals surface area contributed by atoms with Gasteiger partial charge in [-0.25, -0.2) is 0 Å². The molecule has 0 radical (unpaired) electrons. The molecule has 0 N–H and O–H groups in total. The first kappa shape index (κ1) is 10.4. The van der Waals surface area contributed by atoms with Gasteiger partial charge in [0.15, 0.2) is 0 Å². The van der Waals surface area contributed by atoms with Crippen LogP contribution in [-0.2, 0) is 0 Å². The summed E-state index contributed by atoms with van der Waals surface area (Å²) in [6.07, 6.45) is 7.10. The summed E-state index contributed by atoms with van der Waals surface area (Å²) in [5, 5.41) is 0.823. The minimum Gasteiger partial charge on any atom is -0.315 e. The van der Waals surface area contributed by atoms with Crippen molar-refractivity contribution in [3.63, 3.8) is 0 Å². The second-order valence-electron chi connectivity index (χ2n) is 3.79. The number of hydrogen-bond donors (Lipinski definition) is 0. The lowest BCUT2D eigenvalue weighted by atomic mass is 9.97. The molecular weight excluding hydrogens is 206 g/mol. The molecule has 0 aliphatic carbocycles. The van der Waals surface area contributed by atoms with Gasteiger partial charge in [-0.15, -0.1) is 5.73 Å². The molecule has 0 bridgehead atoms. The molecule has 0 amide bonds. The zero-order valence-electron chi connectivity index (χ0n) is 9.00. The first-order valence-corrected chi connectivity index (χ1v) is 5.58. The summed E-state index contributed by atoms with van der Waals surface area (Å²) in [4.78, 5) is 0. The lowest BCUT2D eigenvalue weighted by Crippen LogP contribution is -2.00. The van der Waals surface area contributed by atoms with E-state index >= 15 is 0 Å². The Morgan fingerprint density at radius 3 is 3.07 bits per heavy atom. The molecule has 0 saturated carbocycles. The van der Waals surface area contributed by atoms with Gasteiger partial charge in [0.25, 0.3) is 0 Å². The van der Waals surface area contributed by atoms with Crippen molar-refractivity contribution >= 4 is 22.8 Å². The molecule has 15 heavy (non-hydrogen) atoms. The van der Waals surface area contributed by atoms with Crippen LogP contribution in [0.15, 0.2) is 35.7 Å². The zero-order valence-corrected chi connectivity index (χ0v) is 9.75. The number of allylic oxidation sites excluding steroid dienone is 2. The van der Waals surface area contributed by atoms with E-state index in [2.05, 4.69) is 25.7 Å². The van der Waals surface area contributed by atoms with Crippen molar-refractivity contribution in [2.24, 2.45) is 5.92 Å². The maximum Gasteiger partial charge on any atom is 0.0639 e. The number of rotatable bonds is 1. The van der Waals surface area contributed by atoms with E-state index in [1.165, 1.54) is 5.57 Å². The third-order valence-corrected chi connectivity index (χ3v) is 3.12. The molecule has 1 unspecified atom stereocenters. The quantitative estimate of drug-likeness (QED) is 0.626. The summed E-state index contributed by atoms with van der Waals surface area (Å²) < 4.78 is 1.99. The Hall–Kier alpha value is -1.17. The molecule has 1 aliphatic rings. The summed E-state index contributed by atoms with van der Waals surface area (Å²) >= 11 is 6.28. The lowest BCUT2D eigenvalue weighted by Gasteiger charge is -2.13. The summed E-state index contributed by atoms with van der Waals surface area (Å²) in [6.45, 7) is 4.26. The van der Waals surface area contributed by atoms with Crippen LogP contribution in [0.2, 0.25) is 0 Å². The number of halogens is 1. The van der Waals surface area contributed by atoms with Gasteiger partial charge >= 0.3 is 0 Å². The molecule has 78 valence electrons. The molecule has 1 nitrogen and oxygen atoms in total. The minimum absolute atomic E-state index is 0.400. The fourth-order valence-electron chi connectivity index (χ4n) is 1.80. The van der Waals surface area contributed by atoms with E-state index in [0.717, 1.165) is 17.1 Å². The van der Waals surface area contributed by atoms with Crippen molar-refractivity contribution < 1.29 is 0 Å². The van der Waals surface area contributed by atoms with Gasteiger partial charge in [-0.05, 0) is 31.1 Å². The van der Waals surface area contributed by atoms with Crippen LogP contribution in [0.1, 0.15) is 26.0 Å². The zero-order chi connectivity index (χ0) is 10.8. The summed E-state index contributed by atoms with van der Waals surface area (Å²) in [5.41, 5.74) is 5.57. The Morgan fingerprint density at radius 2 is 2.33 bits per heavy atom. The first-order valence-electron chi connectivity index (χ1n) is 5.20. The molecule has 2 heterocycles. The standard InChI is InChI=1S/C13H14ClN/c1-3-11-9-12(14)13-5-4-7-15(13)8-6-10(11)2/h4-5,7-9,11H,3H2,1-2H3. The van der Waals surface area contributed by atoms with Gasteiger partial charge in [-0.1, -0.05) is 24.6 Å². The van der Waals surface area contributed by atoms with Crippen molar-refractivity contribution in [2.45, 2.75) is 20.3 Å². The molecular formula is C13H14ClN. The topological polar surface area (TPSA) is 4.93 Å². The molecule has 2 rings (SSSR count). The van der Waals surface area contributed by atoms with Gasteiger partial charge in [-0.2, -0.15) is 0 Å². The van der Waals surface area contributed by atoms with E-state index in [1.807, 2.05) is 29.1 Å². The molecule has 1 aromatic rings. The van der Waals surface area contributed by atoms with E-state index in [4.69, 9.17) is 11.6 Å². The van der Waals surface area contributed by atoms with Gasteiger partial charge in [-0.3, -0.25) is 0 Å². The highest BCUT2D eigenvalue weighted by molar-refractivity contribution is 6.48. The lowest BCUT2D eigenvalue weighted by molar-refractivity contribution is 0.729. The summed E-state index contributed by atoms with van der Waals surface area (Å²) in [6, 6.07) is 4.01. The molecule has 1 aliphatic heterocycles. The third kappa shape index (κ3) is 1.94. The predicted octanol–water partition coefficient (Wildman–Crippen LogP) is 4.12. The highest BCUT2D eigenvalue weighted by Gasteiger charge is 2.11. The van der Waals surface area contributed by atoms with Crippen LogP contribution in [0, 0.1) is 5.92 Å². The summed E-state index contributed by atoms with van der Waals surface area (Å²) in [5.74, 6) is 0.400. The van der Waals surface area contributed by atoms with Crippen LogP contribution < -0.4 is 0 Å². The maximum absolute atomic E-state index is 6.28. The van der Waals surface area contributed by atoms with Crippen LogP contribution in [0.5, 0.6) is 0 Å². The monoisotopic (exact) mass is 219 g/mol. The maximum atomic E-state index is 6.28. The SMILES string of the molecule is CCC1C=C(Cl)c2cccn2C=C=C1C. The van der Waals surface area contributed by atoms with E-state index in [0.29, 0.717) is 5.92 Å². The molecule has 0 saturated heterocycles. The average molecular weight is 220 g/mol. The van der Waals surface area contributed by atoms with Crippen LogP contribution in [0.4, 0.5) is 0 Å². The largest absolute Gasteiger partial charge is 0.315 e. The predicted molar refractivity (Wildman–Crippen MR) is 65.5 cm³/mol. The van der Waals surface area contributed by atoms with Crippen LogP contribution >= 0.6 is 11.6 Å². The fourth-order valence-corrected chi connectivity index (χ4v) is 2.11. The summed E-state index contributed by atoms with van der Waals surface area (Å²) in [7, 11) is 0. The Labute approximate surface area is 95.4 Å². The van der Waals surface area contributed by atoms with E-state index in [9.17, 15) is 0 Å².